The monoisotopic (exact) mass is 251 g/mol. The van der Waals surface area contributed by atoms with Crippen LogP contribution < -0.4 is 0 Å². The summed E-state index contributed by atoms with van der Waals surface area (Å²) in [4.78, 5) is 7.48. The molecule has 1 N–H and O–H groups in total. The summed E-state index contributed by atoms with van der Waals surface area (Å²) in [6.07, 6.45) is 5.68. The highest BCUT2D eigenvalue weighted by atomic mass is 32.1. The second kappa shape index (κ2) is 3.65. The van der Waals surface area contributed by atoms with Crippen LogP contribution in [0.1, 0.15) is 0 Å². The van der Waals surface area contributed by atoms with Gasteiger partial charge in [0.15, 0.2) is 0 Å². The third-order valence-electron chi connectivity index (χ3n) is 3.13. The second-order valence-corrected chi connectivity index (χ2v) is 4.95. The van der Waals surface area contributed by atoms with E-state index in [0.717, 1.165) is 11.0 Å². The lowest BCUT2D eigenvalue weighted by molar-refractivity contribution is 1.33. The van der Waals surface area contributed by atoms with Crippen LogP contribution in [0.4, 0.5) is 0 Å². The lowest BCUT2D eigenvalue weighted by Crippen LogP contribution is -1.82. The zero-order valence-corrected chi connectivity index (χ0v) is 10.2. The number of aromatic nitrogens is 3. The molecule has 3 heterocycles. The maximum Gasteiger partial charge on any atom is 0.137 e. The van der Waals surface area contributed by atoms with E-state index in [0.29, 0.717) is 0 Å². The molecular weight excluding hydrogens is 242 g/mol. The van der Waals surface area contributed by atoms with Crippen LogP contribution in [0.5, 0.6) is 0 Å². The first-order valence-corrected chi connectivity index (χ1v) is 6.47. The number of H-pyrrole nitrogens is 1. The van der Waals surface area contributed by atoms with E-state index in [4.69, 9.17) is 0 Å². The van der Waals surface area contributed by atoms with Crippen LogP contribution in [-0.4, -0.2) is 14.3 Å². The van der Waals surface area contributed by atoms with Gasteiger partial charge in [0.25, 0.3) is 0 Å². The average Bonchev–Trinajstić information content (AvgIpc) is 3.06. The molecule has 0 radical (unpaired) electrons. The van der Waals surface area contributed by atoms with Gasteiger partial charge in [-0.3, -0.25) is 0 Å². The molecule has 3 aromatic heterocycles. The molecule has 3 nitrogen and oxygen atoms in total. The number of nitrogens with zero attached hydrogens (tertiary/aromatic N) is 2. The van der Waals surface area contributed by atoms with E-state index in [2.05, 4.69) is 44.7 Å². The van der Waals surface area contributed by atoms with Crippen molar-refractivity contribution in [2.45, 2.75) is 0 Å². The molecule has 0 aliphatic carbocycles. The Morgan fingerprint density at radius 3 is 3.06 bits per heavy atom. The Kier molecular flexibility index (Phi) is 1.98. The van der Waals surface area contributed by atoms with Crippen LogP contribution in [0.3, 0.4) is 0 Å². The molecule has 4 aromatic rings. The molecule has 4 heteroatoms. The molecule has 0 amide bonds. The highest BCUT2D eigenvalue weighted by molar-refractivity contribution is 7.14. The first-order chi connectivity index (χ1) is 8.93. The Balaban J connectivity index is 2.13. The molecule has 86 valence electrons. The number of pyridine rings is 1. The Bertz CT molecular complexity index is 772. The summed E-state index contributed by atoms with van der Waals surface area (Å²) in [5, 5.41) is 2.34. The van der Waals surface area contributed by atoms with E-state index in [1.807, 2.05) is 18.6 Å². The lowest BCUT2D eigenvalue weighted by atomic mass is 10.0. The fourth-order valence-corrected chi connectivity index (χ4v) is 3.08. The van der Waals surface area contributed by atoms with Gasteiger partial charge in [-0.05, 0) is 29.2 Å². The molecule has 4 rings (SSSR count). The van der Waals surface area contributed by atoms with Gasteiger partial charge in [-0.15, -0.1) is 0 Å². The van der Waals surface area contributed by atoms with Crippen LogP contribution in [0.2, 0.25) is 0 Å². The number of benzene rings is 1. The van der Waals surface area contributed by atoms with Crippen LogP contribution in [-0.2, 0) is 0 Å². The van der Waals surface area contributed by atoms with Crippen molar-refractivity contribution in [2.24, 2.45) is 0 Å². The van der Waals surface area contributed by atoms with Crippen molar-refractivity contribution >= 4 is 32.7 Å². The van der Waals surface area contributed by atoms with Crippen LogP contribution in [0.25, 0.3) is 32.2 Å². The first kappa shape index (κ1) is 9.79. The second-order valence-electron chi connectivity index (χ2n) is 4.15. The van der Waals surface area contributed by atoms with E-state index >= 15 is 0 Å². The quantitative estimate of drug-likeness (QED) is 0.558. The summed E-state index contributed by atoms with van der Waals surface area (Å²) in [5.74, 6) is 0. The van der Waals surface area contributed by atoms with Gasteiger partial charge in [-0.2, -0.15) is 4.37 Å². The average molecular weight is 251 g/mol. The van der Waals surface area contributed by atoms with E-state index in [1.54, 1.807) is 0 Å². The van der Waals surface area contributed by atoms with Crippen molar-refractivity contribution in [2.75, 3.05) is 0 Å². The largest absolute Gasteiger partial charge is 0.346 e. The predicted octanol–water partition coefficient (Wildman–Crippen LogP) is 3.84. The van der Waals surface area contributed by atoms with Crippen LogP contribution >= 0.6 is 11.5 Å². The van der Waals surface area contributed by atoms with E-state index in [1.165, 1.54) is 32.7 Å². The normalized spacial score (nSPS) is 11.3. The fraction of sp³-hybridized carbons (Fsp3) is 0. The molecule has 1 aromatic carbocycles. The van der Waals surface area contributed by atoms with Crippen molar-refractivity contribution in [1.82, 2.24) is 14.3 Å². The van der Waals surface area contributed by atoms with Crippen LogP contribution in [0.15, 0.2) is 48.9 Å². The lowest BCUT2D eigenvalue weighted by Gasteiger charge is -2.04. The summed E-state index contributed by atoms with van der Waals surface area (Å²) in [7, 11) is 0. The number of nitrogens with one attached hydrogen (secondary N) is 1. The zero-order chi connectivity index (χ0) is 11.9. The molecule has 18 heavy (non-hydrogen) atoms. The molecule has 0 spiro atoms. The molecule has 0 bridgehead atoms. The van der Waals surface area contributed by atoms with E-state index < -0.39 is 0 Å². The van der Waals surface area contributed by atoms with Crippen LogP contribution in [0, 0.1) is 0 Å². The van der Waals surface area contributed by atoms with Crippen molar-refractivity contribution in [3.05, 3.63) is 48.9 Å². The molecule has 0 unspecified atom stereocenters. The van der Waals surface area contributed by atoms with Crippen molar-refractivity contribution in [1.29, 1.82) is 0 Å². The van der Waals surface area contributed by atoms with Gasteiger partial charge < -0.3 is 4.98 Å². The summed E-state index contributed by atoms with van der Waals surface area (Å²) in [5.41, 5.74) is 3.35. The summed E-state index contributed by atoms with van der Waals surface area (Å²) in [6.45, 7) is 0. The molecule has 0 aliphatic rings. The van der Waals surface area contributed by atoms with Crippen molar-refractivity contribution < 1.29 is 0 Å². The molecule has 0 saturated carbocycles. The summed E-state index contributed by atoms with van der Waals surface area (Å²) in [6, 6.07) is 10.4. The molecule has 0 aliphatic heterocycles. The minimum absolute atomic E-state index is 0.925. The number of rotatable bonds is 1. The Morgan fingerprint density at radius 1 is 1.06 bits per heavy atom. The highest BCUT2D eigenvalue weighted by Gasteiger charge is 2.09. The third kappa shape index (κ3) is 1.29. The van der Waals surface area contributed by atoms with Gasteiger partial charge in [0.2, 0.25) is 0 Å². The number of hydrogen-bond acceptors (Lipinski definition) is 3. The van der Waals surface area contributed by atoms with Gasteiger partial charge in [0.1, 0.15) is 5.65 Å². The van der Waals surface area contributed by atoms with Crippen molar-refractivity contribution in [3.8, 4) is 11.1 Å². The number of aromatic amines is 1. The van der Waals surface area contributed by atoms with E-state index in [-0.39, 0.29) is 0 Å². The third-order valence-corrected chi connectivity index (χ3v) is 3.98. The van der Waals surface area contributed by atoms with Gasteiger partial charge in [-0.25, -0.2) is 4.98 Å². The highest BCUT2D eigenvalue weighted by Crippen LogP contribution is 2.34. The minimum Gasteiger partial charge on any atom is -0.346 e. The van der Waals surface area contributed by atoms with Gasteiger partial charge in [0.05, 0.1) is 4.70 Å². The Hall–Kier alpha value is -2.20. The summed E-state index contributed by atoms with van der Waals surface area (Å²) >= 11 is 1.54. The molecule has 0 atom stereocenters. The van der Waals surface area contributed by atoms with E-state index in [9.17, 15) is 0 Å². The molecular formula is C14H9N3S. The molecule has 0 fully saturated rings. The maximum atomic E-state index is 4.33. The number of fused-ring (bicyclic) bond motifs is 2. The van der Waals surface area contributed by atoms with Gasteiger partial charge in [-0.1, -0.05) is 18.2 Å². The zero-order valence-electron chi connectivity index (χ0n) is 9.42. The Labute approximate surface area is 107 Å². The van der Waals surface area contributed by atoms with Crippen molar-refractivity contribution in [3.63, 3.8) is 0 Å². The van der Waals surface area contributed by atoms with Gasteiger partial charge in [0, 0.05) is 34.9 Å². The SMILES string of the molecule is c1cc(-c2ccnc3[nH]ccc23)c2sncc2c1. The first-order valence-electron chi connectivity index (χ1n) is 5.69. The Morgan fingerprint density at radius 2 is 2.06 bits per heavy atom. The number of hydrogen-bond donors (Lipinski definition) is 1. The summed E-state index contributed by atoms with van der Waals surface area (Å²) < 4.78 is 5.50. The topological polar surface area (TPSA) is 41.6 Å². The minimum atomic E-state index is 0.925. The fourth-order valence-electron chi connectivity index (χ4n) is 2.30. The van der Waals surface area contributed by atoms with Gasteiger partial charge >= 0.3 is 0 Å². The predicted molar refractivity (Wildman–Crippen MR) is 74.7 cm³/mol. The molecule has 0 saturated heterocycles. The maximum absolute atomic E-state index is 4.33. The smallest absolute Gasteiger partial charge is 0.137 e. The standard InChI is InChI=1S/C14H9N3S/c1-2-9-8-17-18-13(9)11(3-1)10-4-6-15-14-12(10)5-7-16-14/h1-8H,(H,15,16).